The van der Waals surface area contributed by atoms with Gasteiger partial charge in [-0.15, -0.1) is 0 Å². The van der Waals surface area contributed by atoms with E-state index < -0.39 is 11.0 Å². The first-order valence-electron chi connectivity index (χ1n) is 17.2. The van der Waals surface area contributed by atoms with Crippen LogP contribution in [0.5, 0.6) is 0 Å². The van der Waals surface area contributed by atoms with Crippen molar-refractivity contribution in [3.63, 3.8) is 0 Å². The lowest BCUT2D eigenvalue weighted by atomic mass is 9.61. The lowest BCUT2D eigenvalue weighted by molar-refractivity contribution is -0.115. The Morgan fingerprint density at radius 1 is 0.612 bits per heavy atom. The fraction of sp³-hybridized carbons (Fsp3) is 0.170. The van der Waals surface area contributed by atoms with Crippen LogP contribution < -0.4 is 4.90 Å². The Kier molecular flexibility index (Phi) is 8.42. The van der Waals surface area contributed by atoms with Gasteiger partial charge in [0.2, 0.25) is 0 Å². The van der Waals surface area contributed by atoms with Gasteiger partial charge in [-0.1, -0.05) is 170 Å². The van der Waals surface area contributed by atoms with Crippen molar-refractivity contribution in [2.45, 2.75) is 50.5 Å². The number of anilines is 1. The third kappa shape index (κ3) is 5.72. The molecule has 6 aromatic rings. The maximum Gasteiger partial charge on any atom is 0.251 e. The molecule has 2 nitrogen and oxygen atoms in total. The average molecular weight is 638 g/mol. The summed E-state index contributed by atoms with van der Waals surface area (Å²) in [7, 11) is 0. The summed E-state index contributed by atoms with van der Waals surface area (Å²) < 4.78 is 0. The zero-order valence-electron chi connectivity index (χ0n) is 28.8. The first-order valence-corrected chi connectivity index (χ1v) is 17.2. The van der Waals surface area contributed by atoms with Crippen molar-refractivity contribution in [1.29, 1.82) is 0 Å². The smallest absolute Gasteiger partial charge is 0.251 e. The zero-order chi connectivity index (χ0) is 34.1. The van der Waals surface area contributed by atoms with Gasteiger partial charge in [-0.3, -0.25) is 4.79 Å². The molecule has 0 fully saturated rings. The highest BCUT2D eigenvalue weighted by molar-refractivity contribution is 6.06. The van der Waals surface area contributed by atoms with E-state index in [0.29, 0.717) is 0 Å². The van der Waals surface area contributed by atoms with E-state index in [9.17, 15) is 4.79 Å². The fourth-order valence-corrected chi connectivity index (χ4v) is 8.24. The summed E-state index contributed by atoms with van der Waals surface area (Å²) in [5.41, 5.74) is 8.90. The second kappa shape index (κ2) is 12.9. The molecule has 0 radical (unpaired) electrons. The Bertz CT molecular complexity index is 1980. The third-order valence-corrected chi connectivity index (χ3v) is 10.4. The van der Waals surface area contributed by atoms with Crippen molar-refractivity contribution in [3.8, 4) is 0 Å². The molecule has 7 rings (SSSR count). The summed E-state index contributed by atoms with van der Waals surface area (Å²) >= 11 is 0. The lowest BCUT2D eigenvalue weighted by Gasteiger charge is -2.51. The number of nitrogens with zero attached hydrogens (tertiary/aromatic N) is 1. The van der Waals surface area contributed by atoms with Crippen LogP contribution in [0, 0.1) is 6.92 Å². The normalized spacial score (nSPS) is 17.1. The van der Waals surface area contributed by atoms with E-state index in [2.05, 4.69) is 191 Å². The van der Waals surface area contributed by atoms with Crippen molar-refractivity contribution in [2.24, 2.45) is 0 Å². The van der Waals surface area contributed by atoms with E-state index in [1.807, 2.05) is 11.0 Å². The average Bonchev–Trinajstić information content (AvgIpc) is 3.13. The molecule has 2 heteroatoms. The molecular formula is C47H43NO. The van der Waals surface area contributed by atoms with Crippen LogP contribution in [-0.4, -0.2) is 11.4 Å². The fourth-order valence-electron chi connectivity index (χ4n) is 8.24. The molecule has 0 aliphatic carbocycles. The van der Waals surface area contributed by atoms with E-state index in [1.54, 1.807) is 6.08 Å². The highest BCUT2D eigenvalue weighted by atomic mass is 16.2. The van der Waals surface area contributed by atoms with E-state index in [4.69, 9.17) is 0 Å². The summed E-state index contributed by atoms with van der Waals surface area (Å²) in [5, 5.41) is 0. The van der Waals surface area contributed by atoms with Gasteiger partial charge in [0.15, 0.2) is 0 Å². The monoisotopic (exact) mass is 637 g/mol. The molecular weight excluding hydrogens is 595 g/mol. The molecule has 1 heterocycles. The molecule has 0 saturated carbocycles. The molecule has 0 N–H and O–H groups in total. The molecule has 6 aromatic carbocycles. The molecule has 1 aliphatic heterocycles. The number of carbonyl (C=O) groups excluding carboxylic acids is 1. The summed E-state index contributed by atoms with van der Waals surface area (Å²) in [5.74, 6) is -0.0184. The summed E-state index contributed by atoms with van der Waals surface area (Å²) in [6.07, 6.45) is 4.43. The van der Waals surface area contributed by atoms with Crippen molar-refractivity contribution >= 4 is 17.7 Å². The largest absolute Gasteiger partial charge is 0.303 e. The highest BCUT2D eigenvalue weighted by Crippen LogP contribution is 2.53. The van der Waals surface area contributed by atoms with Crippen molar-refractivity contribution in [2.75, 3.05) is 4.90 Å². The Hall–Kier alpha value is -5.47. The van der Waals surface area contributed by atoms with Gasteiger partial charge < -0.3 is 4.90 Å². The van der Waals surface area contributed by atoms with E-state index in [0.717, 1.165) is 23.2 Å². The number of fused-ring (bicyclic) bond motifs is 1. The van der Waals surface area contributed by atoms with Gasteiger partial charge in [-0.2, -0.15) is 0 Å². The van der Waals surface area contributed by atoms with Gasteiger partial charge in [0, 0.05) is 22.7 Å². The molecule has 0 bridgehead atoms. The minimum Gasteiger partial charge on any atom is -0.303 e. The second-order valence-electron chi connectivity index (χ2n) is 14.2. The number of hydrogen-bond acceptors (Lipinski definition) is 1. The van der Waals surface area contributed by atoms with Crippen LogP contribution in [0.15, 0.2) is 170 Å². The standard InChI is InChI=1S/C47H43NO/c1-35-25-27-36(28-26-35)29-32-44(49)48-43-31-30-41(33-42(43)46(4,34-45(48,2)3)37-17-9-5-10-18-37)47(38-19-11-6-12-20-38,39-21-13-7-14-22-39)40-23-15-8-16-24-40/h5-33H,34H2,1-4H3/b32-29+. The Morgan fingerprint density at radius 2 is 1.10 bits per heavy atom. The molecule has 1 atom stereocenters. The van der Waals surface area contributed by atoms with Crippen LogP contribution in [0.1, 0.15) is 71.7 Å². The summed E-state index contributed by atoms with van der Waals surface area (Å²) in [6.45, 7) is 8.83. The minimum absolute atomic E-state index is 0.0184. The summed E-state index contributed by atoms with van der Waals surface area (Å²) in [6, 6.07) is 58.4. The molecule has 242 valence electrons. The Morgan fingerprint density at radius 3 is 1.61 bits per heavy atom. The van der Waals surface area contributed by atoms with Crippen LogP contribution in [0.3, 0.4) is 0 Å². The first-order chi connectivity index (χ1) is 23.7. The predicted molar refractivity (Wildman–Crippen MR) is 204 cm³/mol. The Balaban J connectivity index is 1.49. The van der Waals surface area contributed by atoms with Gasteiger partial charge in [-0.25, -0.2) is 0 Å². The first kappa shape index (κ1) is 32.1. The maximum atomic E-state index is 14.3. The SMILES string of the molecule is Cc1ccc(/C=C/C(=O)N2c3ccc(C(c4ccccc4)(c4ccccc4)c4ccccc4)cc3C(C)(c3ccccc3)CC2(C)C)cc1. The van der Waals surface area contributed by atoms with Gasteiger partial charge >= 0.3 is 0 Å². The van der Waals surface area contributed by atoms with E-state index >= 15 is 0 Å². The molecule has 49 heavy (non-hydrogen) atoms. The number of benzene rings is 6. The van der Waals surface area contributed by atoms with Gasteiger partial charge in [-0.05, 0) is 78.3 Å². The van der Waals surface area contributed by atoms with Crippen LogP contribution in [-0.2, 0) is 15.6 Å². The molecule has 0 saturated heterocycles. The van der Waals surface area contributed by atoms with Crippen LogP contribution >= 0.6 is 0 Å². The third-order valence-electron chi connectivity index (χ3n) is 10.4. The minimum atomic E-state index is -0.594. The van der Waals surface area contributed by atoms with E-state index in [1.165, 1.54) is 33.4 Å². The number of amides is 1. The summed E-state index contributed by atoms with van der Waals surface area (Å²) in [4.78, 5) is 16.4. The topological polar surface area (TPSA) is 20.3 Å². The molecule has 1 aliphatic rings. The highest BCUT2D eigenvalue weighted by Gasteiger charge is 2.49. The molecule has 1 amide bonds. The second-order valence-corrected chi connectivity index (χ2v) is 14.2. The zero-order valence-corrected chi connectivity index (χ0v) is 28.8. The van der Waals surface area contributed by atoms with Crippen LogP contribution in [0.25, 0.3) is 6.08 Å². The predicted octanol–water partition coefficient (Wildman–Crippen LogP) is 10.9. The van der Waals surface area contributed by atoms with Crippen LogP contribution in [0.4, 0.5) is 5.69 Å². The lowest BCUT2D eigenvalue weighted by Crippen LogP contribution is -2.55. The van der Waals surface area contributed by atoms with Crippen molar-refractivity contribution in [1.82, 2.24) is 0 Å². The number of rotatable bonds is 7. The quantitative estimate of drug-likeness (QED) is 0.126. The number of carbonyl (C=O) groups is 1. The molecule has 0 aromatic heterocycles. The van der Waals surface area contributed by atoms with Gasteiger partial charge in [0.25, 0.3) is 5.91 Å². The van der Waals surface area contributed by atoms with Crippen molar-refractivity contribution < 1.29 is 4.79 Å². The maximum absolute atomic E-state index is 14.3. The number of aryl methyl sites for hydroxylation is 1. The number of hydrogen-bond donors (Lipinski definition) is 0. The van der Waals surface area contributed by atoms with Gasteiger partial charge in [0.05, 0.1) is 5.41 Å². The van der Waals surface area contributed by atoms with Gasteiger partial charge in [0.1, 0.15) is 0 Å². The molecule has 1 unspecified atom stereocenters. The van der Waals surface area contributed by atoms with Crippen LogP contribution in [0.2, 0.25) is 0 Å². The molecule has 0 spiro atoms. The van der Waals surface area contributed by atoms with E-state index in [-0.39, 0.29) is 11.3 Å². The van der Waals surface area contributed by atoms with Crippen molar-refractivity contribution in [3.05, 3.63) is 214 Å². The Labute approximate surface area is 291 Å².